The highest BCUT2D eigenvalue weighted by Gasteiger charge is 1.72. The van der Waals surface area contributed by atoms with Crippen LogP contribution in [-0.2, 0) is 4.84 Å². The first-order chi connectivity index (χ1) is 3.00. The van der Waals surface area contributed by atoms with E-state index in [9.17, 15) is 0 Å². The van der Waals surface area contributed by atoms with Gasteiger partial charge in [0.1, 0.15) is 6.26 Å². The first-order valence-electron chi connectivity index (χ1n) is 1.73. The predicted octanol–water partition coefficient (Wildman–Crippen LogP) is -0.276. The Morgan fingerprint density at radius 3 is 2.29 bits per heavy atom. The van der Waals surface area contributed by atoms with Crippen molar-refractivity contribution >= 4 is 0 Å². The third kappa shape index (κ3) is 1.83. The summed E-state index contributed by atoms with van der Waals surface area (Å²) in [6.45, 7) is 0. The van der Waals surface area contributed by atoms with Crippen LogP contribution >= 0.6 is 0 Å². The summed E-state index contributed by atoms with van der Waals surface area (Å²) in [5, 5.41) is 0. The lowest BCUT2D eigenvalue weighted by Crippen LogP contribution is -2.01. The second-order valence-corrected chi connectivity index (χ2v) is 0.923. The Kier molecular flexibility index (Phi) is 2.79. The van der Waals surface area contributed by atoms with Crippen LogP contribution in [0.1, 0.15) is 0 Å². The van der Waals surface area contributed by atoms with Gasteiger partial charge in [0, 0.05) is 6.20 Å². The van der Waals surface area contributed by atoms with E-state index >= 15 is 0 Å². The highest BCUT2D eigenvalue weighted by atomic mass is 16.6. The van der Waals surface area contributed by atoms with Gasteiger partial charge in [0.05, 0.1) is 0 Å². The maximum Gasteiger partial charge on any atom is 0.119 e. The number of allylic oxidation sites excluding steroid dienone is 2. The molecule has 1 heterocycles. The number of hydroxylamine groups is 1. The molecule has 0 saturated carbocycles. The zero-order valence-electron chi connectivity index (χ0n) is 3.72. The van der Waals surface area contributed by atoms with Crippen molar-refractivity contribution in [2.45, 2.75) is 0 Å². The molecule has 0 spiro atoms. The van der Waals surface area contributed by atoms with Crippen LogP contribution in [0.5, 0.6) is 0 Å². The van der Waals surface area contributed by atoms with Gasteiger partial charge in [-0.3, -0.25) is 0 Å². The summed E-state index contributed by atoms with van der Waals surface area (Å²) in [5.41, 5.74) is 2.52. The molecule has 3 nitrogen and oxygen atoms in total. The van der Waals surface area contributed by atoms with Crippen LogP contribution in [0.2, 0.25) is 0 Å². The fourth-order valence-corrected chi connectivity index (χ4v) is 0.258. The lowest BCUT2D eigenvalue weighted by molar-refractivity contribution is 0.172. The molecular formula is C4H7NO2. The van der Waals surface area contributed by atoms with Crippen LogP contribution in [0.15, 0.2) is 24.6 Å². The third-order valence-corrected chi connectivity index (χ3v) is 0.490. The van der Waals surface area contributed by atoms with E-state index in [0.29, 0.717) is 0 Å². The van der Waals surface area contributed by atoms with E-state index in [1.54, 1.807) is 18.5 Å². The Balaban J connectivity index is 0.000000360. The largest absolute Gasteiger partial charge is 0.412 e. The molecule has 0 bridgehead atoms. The SMILES string of the molecule is C1=CNOC=C1.O. The topological polar surface area (TPSA) is 52.8 Å². The van der Waals surface area contributed by atoms with E-state index in [0.717, 1.165) is 0 Å². The first-order valence-corrected chi connectivity index (χ1v) is 1.73. The van der Waals surface area contributed by atoms with Crippen LogP contribution in [0, 0.1) is 0 Å². The highest BCUT2D eigenvalue weighted by molar-refractivity contribution is 5.00. The second-order valence-electron chi connectivity index (χ2n) is 0.923. The summed E-state index contributed by atoms with van der Waals surface area (Å²) in [6, 6.07) is 0. The van der Waals surface area contributed by atoms with Gasteiger partial charge in [-0.2, -0.15) is 0 Å². The van der Waals surface area contributed by atoms with Gasteiger partial charge in [-0.15, -0.1) is 0 Å². The number of hydrogen-bond donors (Lipinski definition) is 1. The molecule has 1 aliphatic heterocycles. The molecule has 0 fully saturated rings. The van der Waals surface area contributed by atoms with Crippen molar-refractivity contribution in [2.24, 2.45) is 0 Å². The third-order valence-electron chi connectivity index (χ3n) is 0.490. The van der Waals surface area contributed by atoms with Crippen LogP contribution in [0.25, 0.3) is 0 Å². The van der Waals surface area contributed by atoms with Crippen molar-refractivity contribution < 1.29 is 10.3 Å². The van der Waals surface area contributed by atoms with Gasteiger partial charge in [-0.1, -0.05) is 0 Å². The standard InChI is InChI=1S/C4H5NO.H2O/c1-2-4-6-5-3-1;/h1-5H;1H2. The molecular weight excluding hydrogens is 94.0 g/mol. The average molecular weight is 101 g/mol. The second kappa shape index (κ2) is 3.24. The Labute approximate surface area is 41.5 Å². The van der Waals surface area contributed by atoms with Gasteiger partial charge < -0.3 is 10.3 Å². The lowest BCUT2D eigenvalue weighted by atomic mass is 10.6. The minimum absolute atomic E-state index is 0. The van der Waals surface area contributed by atoms with Gasteiger partial charge in [-0.05, 0) is 12.2 Å². The monoisotopic (exact) mass is 101 g/mol. The van der Waals surface area contributed by atoms with Crippen LogP contribution < -0.4 is 5.48 Å². The minimum Gasteiger partial charge on any atom is -0.412 e. The quantitative estimate of drug-likeness (QED) is 0.456. The van der Waals surface area contributed by atoms with E-state index in [1.807, 2.05) is 6.08 Å². The van der Waals surface area contributed by atoms with Gasteiger partial charge in [-0.25, -0.2) is 5.48 Å². The van der Waals surface area contributed by atoms with Crippen LogP contribution in [-0.4, -0.2) is 5.48 Å². The fraction of sp³-hybridized carbons (Fsp3) is 0. The van der Waals surface area contributed by atoms with Gasteiger partial charge >= 0.3 is 0 Å². The molecule has 0 amide bonds. The molecule has 3 heteroatoms. The van der Waals surface area contributed by atoms with Gasteiger partial charge in [0.25, 0.3) is 0 Å². The zero-order valence-corrected chi connectivity index (χ0v) is 3.72. The summed E-state index contributed by atoms with van der Waals surface area (Å²) < 4.78 is 0. The van der Waals surface area contributed by atoms with Crippen molar-refractivity contribution in [1.82, 2.24) is 5.48 Å². The minimum atomic E-state index is 0. The lowest BCUT2D eigenvalue weighted by Gasteiger charge is -1.97. The molecule has 1 aliphatic rings. The Morgan fingerprint density at radius 1 is 1.29 bits per heavy atom. The van der Waals surface area contributed by atoms with Crippen LogP contribution in [0.3, 0.4) is 0 Å². The van der Waals surface area contributed by atoms with E-state index in [1.165, 1.54) is 0 Å². The molecule has 3 N–H and O–H groups in total. The normalized spacial score (nSPS) is 13.7. The summed E-state index contributed by atoms with van der Waals surface area (Å²) in [5.74, 6) is 0. The molecule has 1 rings (SSSR count). The molecule has 40 valence electrons. The van der Waals surface area contributed by atoms with E-state index < -0.39 is 0 Å². The molecule has 0 unspecified atom stereocenters. The molecule has 0 atom stereocenters. The molecule has 0 aliphatic carbocycles. The molecule has 0 aromatic carbocycles. The van der Waals surface area contributed by atoms with Gasteiger partial charge in [0.15, 0.2) is 0 Å². The van der Waals surface area contributed by atoms with E-state index in [2.05, 4.69) is 10.3 Å². The van der Waals surface area contributed by atoms with Gasteiger partial charge in [0.2, 0.25) is 0 Å². The van der Waals surface area contributed by atoms with Crippen molar-refractivity contribution in [3.63, 3.8) is 0 Å². The number of rotatable bonds is 0. The molecule has 0 aromatic heterocycles. The number of hydrogen-bond acceptors (Lipinski definition) is 2. The smallest absolute Gasteiger partial charge is 0.119 e. The first kappa shape index (κ1) is 6.04. The average Bonchev–Trinajstić information content (AvgIpc) is 1.72. The Bertz CT molecular complexity index is 75.7. The van der Waals surface area contributed by atoms with Crippen LogP contribution in [0.4, 0.5) is 0 Å². The highest BCUT2D eigenvalue weighted by Crippen LogP contribution is 1.80. The summed E-state index contributed by atoms with van der Waals surface area (Å²) in [7, 11) is 0. The fourth-order valence-electron chi connectivity index (χ4n) is 0.258. The van der Waals surface area contributed by atoms with Crippen molar-refractivity contribution in [1.29, 1.82) is 0 Å². The van der Waals surface area contributed by atoms with E-state index in [-0.39, 0.29) is 5.48 Å². The Morgan fingerprint density at radius 2 is 2.14 bits per heavy atom. The van der Waals surface area contributed by atoms with Crippen molar-refractivity contribution in [3.8, 4) is 0 Å². The molecule has 0 saturated heterocycles. The number of nitrogens with one attached hydrogen (secondary N) is 1. The maximum absolute atomic E-state index is 4.55. The van der Waals surface area contributed by atoms with Crippen molar-refractivity contribution in [3.05, 3.63) is 24.6 Å². The predicted molar refractivity (Wildman–Crippen MR) is 26.1 cm³/mol. The summed E-state index contributed by atoms with van der Waals surface area (Å²) >= 11 is 0. The molecule has 0 radical (unpaired) electrons. The van der Waals surface area contributed by atoms with E-state index in [4.69, 9.17) is 0 Å². The zero-order chi connectivity index (χ0) is 4.24. The van der Waals surface area contributed by atoms with Crippen molar-refractivity contribution in [2.75, 3.05) is 0 Å². The molecule has 7 heavy (non-hydrogen) atoms. The molecule has 0 aromatic rings. The Hall–Kier alpha value is -0.960. The maximum atomic E-state index is 4.55. The summed E-state index contributed by atoms with van der Waals surface area (Å²) in [6.07, 6.45) is 6.93. The summed E-state index contributed by atoms with van der Waals surface area (Å²) in [4.78, 5) is 4.55.